The van der Waals surface area contributed by atoms with Gasteiger partial charge in [0.2, 0.25) is 5.91 Å². The van der Waals surface area contributed by atoms with E-state index in [1.54, 1.807) is 4.90 Å². The van der Waals surface area contributed by atoms with Crippen LogP contribution in [0.25, 0.3) is 0 Å². The van der Waals surface area contributed by atoms with Gasteiger partial charge in [0.15, 0.2) is 0 Å². The highest BCUT2D eigenvalue weighted by molar-refractivity contribution is 7.12. The predicted molar refractivity (Wildman–Crippen MR) is 92.9 cm³/mol. The van der Waals surface area contributed by atoms with Crippen molar-refractivity contribution in [3.05, 3.63) is 51.7 Å². The number of nitrogens with one attached hydrogen (secondary N) is 1. The van der Waals surface area contributed by atoms with E-state index >= 15 is 0 Å². The van der Waals surface area contributed by atoms with Gasteiger partial charge in [-0.25, -0.2) is 0 Å². The monoisotopic (exact) mass is 328 g/mol. The number of hydrogen-bond acceptors (Lipinski definition) is 3. The second kappa shape index (κ2) is 6.54. The number of likely N-dealkylation sites (tertiary alicyclic amines) is 1. The smallest absolute Gasteiger partial charge is 0.264 e. The first-order chi connectivity index (χ1) is 11.1. The summed E-state index contributed by atoms with van der Waals surface area (Å²) >= 11 is 1.42. The molecule has 2 heterocycles. The minimum absolute atomic E-state index is 0.0424. The maximum Gasteiger partial charge on any atom is 0.264 e. The Kier molecular flexibility index (Phi) is 4.48. The summed E-state index contributed by atoms with van der Waals surface area (Å²) in [6.07, 6.45) is 1.58. The maximum atomic E-state index is 12.7. The Hall–Kier alpha value is -2.14. The number of carbonyl (C=O) groups excluding carboxylic acids is 2. The Morgan fingerprint density at radius 2 is 1.91 bits per heavy atom. The summed E-state index contributed by atoms with van der Waals surface area (Å²) in [7, 11) is 0. The van der Waals surface area contributed by atoms with E-state index in [-0.39, 0.29) is 17.9 Å². The van der Waals surface area contributed by atoms with Crippen LogP contribution in [0.4, 0.5) is 5.69 Å². The molecule has 1 N–H and O–H groups in total. The Labute approximate surface area is 140 Å². The van der Waals surface area contributed by atoms with E-state index in [9.17, 15) is 9.59 Å². The molecule has 0 aliphatic carbocycles. The van der Waals surface area contributed by atoms with E-state index in [1.165, 1.54) is 11.3 Å². The molecule has 1 atom stereocenters. The number of amides is 2. The lowest BCUT2D eigenvalue weighted by Crippen LogP contribution is -2.43. The molecule has 0 radical (unpaired) electrons. The average Bonchev–Trinajstić information content (AvgIpc) is 3.20. The van der Waals surface area contributed by atoms with E-state index in [1.807, 2.05) is 49.6 Å². The predicted octanol–water partition coefficient (Wildman–Crippen LogP) is 3.61. The molecule has 4 nitrogen and oxygen atoms in total. The van der Waals surface area contributed by atoms with Crippen LogP contribution < -0.4 is 5.32 Å². The molecule has 1 aromatic carbocycles. The molecule has 23 heavy (non-hydrogen) atoms. The van der Waals surface area contributed by atoms with Gasteiger partial charge in [0.05, 0.1) is 4.88 Å². The van der Waals surface area contributed by atoms with Crippen molar-refractivity contribution in [2.75, 3.05) is 11.9 Å². The molecule has 2 amide bonds. The molecule has 1 saturated heterocycles. The maximum absolute atomic E-state index is 12.7. The Morgan fingerprint density at radius 3 is 2.57 bits per heavy atom. The van der Waals surface area contributed by atoms with Crippen molar-refractivity contribution in [2.45, 2.75) is 32.7 Å². The lowest BCUT2D eigenvalue weighted by atomic mass is 10.1. The van der Waals surface area contributed by atoms with Gasteiger partial charge >= 0.3 is 0 Å². The van der Waals surface area contributed by atoms with Crippen LogP contribution in [0.5, 0.6) is 0 Å². The lowest BCUT2D eigenvalue weighted by molar-refractivity contribution is -0.119. The van der Waals surface area contributed by atoms with Crippen molar-refractivity contribution >= 4 is 28.8 Å². The van der Waals surface area contributed by atoms with Crippen LogP contribution in [0.3, 0.4) is 0 Å². The van der Waals surface area contributed by atoms with Gasteiger partial charge in [-0.15, -0.1) is 11.3 Å². The van der Waals surface area contributed by atoms with Gasteiger partial charge in [0.1, 0.15) is 6.04 Å². The van der Waals surface area contributed by atoms with Crippen LogP contribution in [0.15, 0.2) is 35.7 Å². The molecule has 3 rings (SSSR count). The van der Waals surface area contributed by atoms with Gasteiger partial charge in [0, 0.05) is 12.2 Å². The summed E-state index contributed by atoms with van der Waals surface area (Å²) in [5.41, 5.74) is 2.92. The molecule has 0 saturated carbocycles. The molecule has 0 unspecified atom stereocenters. The number of para-hydroxylation sites is 1. The van der Waals surface area contributed by atoms with Crippen molar-refractivity contribution < 1.29 is 9.59 Å². The first kappa shape index (κ1) is 15.7. The third-order valence-corrected chi connectivity index (χ3v) is 5.14. The highest BCUT2D eigenvalue weighted by atomic mass is 32.1. The minimum Gasteiger partial charge on any atom is -0.326 e. The third-order valence-electron chi connectivity index (χ3n) is 4.28. The Balaban J connectivity index is 1.77. The molecular weight excluding hydrogens is 308 g/mol. The van der Waals surface area contributed by atoms with Crippen molar-refractivity contribution in [1.82, 2.24) is 4.90 Å². The summed E-state index contributed by atoms with van der Waals surface area (Å²) in [6, 6.07) is 9.22. The molecule has 1 aromatic heterocycles. The van der Waals surface area contributed by atoms with Crippen LogP contribution in [-0.4, -0.2) is 29.3 Å². The summed E-state index contributed by atoms with van der Waals surface area (Å²) in [5.74, 6) is -0.135. The second-order valence-electron chi connectivity index (χ2n) is 5.89. The van der Waals surface area contributed by atoms with Crippen LogP contribution in [0.1, 0.15) is 33.6 Å². The highest BCUT2D eigenvalue weighted by Gasteiger charge is 2.35. The van der Waals surface area contributed by atoms with E-state index in [0.717, 1.165) is 23.2 Å². The lowest BCUT2D eigenvalue weighted by Gasteiger charge is -2.24. The number of hydrogen-bond donors (Lipinski definition) is 1. The molecule has 120 valence electrons. The molecule has 1 aliphatic rings. The van der Waals surface area contributed by atoms with Gasteiger partial charge in [0.25, 0.3) is 5.91 Å². The largest absolute Gasteiger partial charge is 0.326 e. The number of rotatable bonds is 3. The van der Waals surface area contributed by atoms with E-state index < -0.39 is 0 Å². The number of nitrogens with zero attached hydrogens (tertiary/aromatic N) is 1. The topological polar surface area (TPSA) is 49.4 Å². The molecule has 0 spiro atoms. The van der Waals surface area contributed by atoms with Crippen molar-refractivity contribution in [1.29, 1.82) is 0 Å². The number of benzene rings is 1. The van der Waals surface area contributed by atoms with E-state index in [0.29, 0.717) is 17.8 Å². The molecule has 1 aliphatic heterocycles. The quantitative estimate of drug-likeness (QED) is 0.936. The second-order valence-corrected chi connectivity index (χ2v) is 6.84. The van der Waals surface area contributed by atoms with Gasteiger partial charge in [-0.1, -0.05) is 24.3 Å². The fraction of sp³-hybridized carbons (Fsp3) is 0.333. The molecule has 1 fully saturated rings. The molecular formula is C18H20N2O2S. The Bertz CT molecular complexity index is 704. The molecule has 2 aromatic rings. The summed E-state index contributed by atoms with van der Waals surface area (Å²) in [4.78, 5) is 27.7. The SMILES string of the molecule is Cc1cccc(C)c1NC(=O)[C@H]1CCCN1C(=O)c1cccs1. The third kappa shape index (κ3) is 3.15. The van der Waals surface area contributed by atoms with E-state index in [2.05, 4.69) is 5.32 Å². The first-order valence-electron chi connectivity index (χ1n) is 7.79. The fourth-order valence-corrected chi connectivity index (χ4v) is 3.72. The zero-order chi connectivity index (χ0) is 16.4. The van der Waals surface area contributed by atoms with Crippen LogP contribution >= 0.6 is 11.3 Å². The van der Waals surface area contributed by atoms with Crippen molar-refractivity contribution in [2.24, 2.45) is 0 Å². The zero-order valence-electron chi connectivity index (χ0n) is 13.3. The van der Waals surface area contributed by atoms with Gasteiger partial charge in [-0.3, -0.25) is 9.59 Å². The van der Waals surface area contributed by atoms with Gasteiger partial charge < -0.3 is 10.2 Å². The molecule has 0 bridgehead atoms. The van der Waals surface area contributed by atoms with Gasteiger partial charge in [-0.2, -0.15) is 0 Å². The van der Waals surface area contributed by atoms with Crippen LogP contribution in [-0.2, 0) is 4.79 Å². The standard InChI is InChI=1S/C18H20N2O2S/c1-12-6-3-7-13(2)16(12)19-17(21)14-8-4-10-20(14)18(22)15-9-5-11-23-15/h3,5-7,9,11,14H,4,8,10H2,1-2H3,(H,19,21)/t14-/m1/s1. The van der Waals surface area contributed by atoms with Gasteiger partial charge in [-0.05, 0) is 49.3 Å². The average molecular weight is 328 g/mol. The van der Waals surface area contributed by atoms with Crippen LogP contribution in [0, 0.1) is 13.8 Å². The summed E-state index contributed by atoms with van der Waals surface area (Å²) in [6.45, 7) is 4.60. The normalized spacial score (nSPS) is 17.3. The number of carbonyl (C=O) groups is 2. The van der Waals surface area contributed by atoms with Crippen LogP contribution in [0.2, 0.25) is 0 Å². The summed E-state index contributed by atoms with van der Waals surface area (Å²) in [5, 5.41) is 4.91. The van der Waals surface area contributed by atoms with E-state index in [4.69, 9.17) is 0 Å². The van der Waals surface area contributed by atoms with Crippen molar-refractivity contribution in [3.8, 4) is 0 Å². The fourth-order valence-electron chi connectivity index (χ4n) is 3.04. The Morgan fingerprint density at radius 1 is 1.17 bits per heavy atom. The number of thiophene rings is 1. The zero-order valence-corrected chi connectivity index (χ0v) is 14.2. The number of anilines is 1. The minimum atomic E-state index is -0.386. The van der Waals surface area contributed by atoms with Crippen molar-refractivity contribution in [3.63, 3.8) is 0 Å². The summed E-state index contributed by atoms with van der Waals surface area (Å²) < 4.78 is 0. The number of aryl methyl sites for hydroxylation is 2. The molecule has 5 heteroatoms. The first-order valence-corrected chi connectivity index (χ1v) is 8.67. The highest BCUT2D eigenvalue weighted by Crippen LogP contribution is 2.25.